The second-order valence-corrected chi connectivity index (χ2v) is 4.92. The topological polar surface area (TPSA) is 50.5 Å². The fraction of sp³-hybridized carbons (Fsp3) is 0.250. The van der Waals surface area contributed by atoms with Crippen LogP contribution in [0, 0.1) is 6.92 Å². The first-order chi connectivity index (χ1) is 9.66. The summed E-state index contributed by atoms with van der Waals surface area (Å²) in [5, 5.41) is 0. The number of hydrogen-bond acceptors (Lipinski definition) is 3. The van der Waals surface area contributed by atoms with Gasteiger partial charge < -0.3 is 4.42 Å². The molecule has 1 aromatic carbocycles. The molecule has 0 saturated heterocycles. The molecule has 0 bridgehead atoms. The monoisotopic (exact) mass is 269 g/mol. The molecule has 1 aliphatic rings. The Morgan fingerprint density at radius 1 is 1.00 bits per heavy atom. The Labute approximate surface area is 117 Å². The summed E-state index contributed by atoms with van der Waals surface area (Å²) in [6.07, 6.45) is 1.43. The highest BCUT2D eigenvalue weighted by molar-refractivity contribution is 6.21. The first-order valence-corrected chi connectivity index (χ1v) is 6.67. The first-order valence-electron chi connectivity index (χ1n) is 6.67. The van der Waals surface area contributed by atoms with Crippen molar-refractivity contribution in [3.8, 4) is 0 Å². The van der Waals surface area contributed by atoms with Crippen molar-refractivity contribution in [3.05, 3.63) is 59.0 Å². The molecule has 0 saturated carbocycles. The SMILES string of the molecule is Cc1ccc(CCCN2C(=O)c3ccccc3C2=O)o1. The predicted molar refractivity (Wildman–Crippen MR) is 73.6 cm³/mol. The van der Waals surface area contributed by atoms with Crippen molar-refractivity contribution in [2.24, 2.45) is 0 Å². The zero-order valence-electron chi connectivity index (χ0n) is 11.3. The van der Waals surface area contributed by atoms with Crippen LogP contribution in [0.1, 0.15) is 38.7 Å². The van der Waals surface area contributed by atoms with Gasteiger partial charge >= 0.3 is 0 Å². The van der Waals surface area contributed by atoms with Gasteiger partial charge in [-0.3, -0.25) is 14.5 Å². The Morgan fingerprint density at radius 2 is 1.65 bits per heavy atom. The fourth-order valence-corrected chi connectivity index (χ4v) is 2.47. The standard InChI is InChI=1S/C16H15NO3/c1-11-8-9-12(20-11)5-4-10-17-15(18)13-6-2-3-7-14(13)16(17)19/h2-3,6-9H,4-5,10H2,1H3. The fourth-order valence-electron chi connectivity index (χ4n) is 2.47. The third kappa shape index (κ3) is 2.13. The average Bonchev–Trinajstić information content (AvgIpc) is 2.97. The number of nitrogens with zero attached hydrogens (tertiary/aromatic N) is 1. The summed E-state index contributed by atoms with van der Waals surface area (Å²) in [4.78, 5) is 25.6. The summed E-state index contributed by atoms with van der Waals surface area (Å²) >= 11 is 0. The number of carbonyl (C=O) groups is 2. The van der Waals surface area contributed by atoms with Gasteiger partial charge in [-0.1, -0.05) is 12.1 Å². The molecule has 2 amide bonds. The summed E-state index contributed by atoms with van der Waals surface area (Å²) in [6.45, 7) is 2.32. The number of hydrogen-bond donors (Lipinski definition) is 0. The molecular formula is C16H15NO3. The maximum Gasteiger partial charge on any atom is 0.261 e. The lowest BCUT2D eigenvalue weighted by atomic mass is 10.1. The van der Waals surface area contributed by atoms with Gasteiger partial charge in [-0.25, -0.2) is 0 Å². The quantitative estimate of drug-likeness (QED) is 0.802. The predicted octanol–water partition coefficient (Wildman–Crippen LogP) is 2.82. The largest absolute Gasteiger partial charge is 0.466 e. The van der Waals surface area contributed by atoms with Gasteiger partial charge in [0, 0.05) is 13.0 Å². The van der Waals surface area contributed by atoms with Crippen LogP contribution in [-0.2, 0) is 6.42 Å². The van der Waals surface area contributed by atoms with Crippen LogP contribution in [0.15, 0.2) is 40.8 Å². The third-order valence-electron chi connectivity index (χ3n) is 3.48. The number of furan rings is 1. The second-order valence-electron chi connectivity index (χ2n) is 4.92. The highest BCUT2D eigenvalue weighted by Gasteiger charge is 2.34. The van der Waals surface area contributed by atoms with Crippen LogP contribution in [0.5, 0.6) is 0 Å². The van der Waals surface area contributed by atoms with Crippen molar-refractivity contribution in [1.29, 1.82) is 0 Å². The first kappa shape index (κ1) is 12.7. The molecule has 20 heavy (non-hydrogen) atoms. The molecule has 3 rings (SSSR count). The molecule has 0 aliphatic carbocycles. The zero-order chi connectivity index (χ0) is 14.1. The summed E-state index contributed by atoms with van der Waals surface area (Å²) in [5.74, 6) is 1.38. The van der Waals surface area contributed by atoms with Crippen LogP contribution in [0.25, 0.3) is 0 Å². The summed E-state index contributed by atoms with van der Waals surface area (Å²) < 4.78 is 5.48. The Balaban J connectivity index is 1.65. The molecule has 2 heterocycles. The molecule has 0 radical (unpaired) electrons. The van der Waals surface area contributed by atoms with Crippen LogP contribution in [0.4, 0.5) is 0 Å². The molecule has 0 atom stereocenters. The van der Waals surface area contributed by atoms with Gasteiger partial charge in [0.1, 0.15) is 11.5 Å². The molecule has 0 N–H and O–H groups in total. The van der Waals surface area contributed by atoms with Crippen LogP contribution in [0.2, 0.25) is 0 Å². The maximum atomic E-state index is 12.1. The van der Waals surface area contributed by atoms with Crippen LogP contribution < -0.4 is 0 Å². The van der Waals surface area contributed by atoms with Gasteiger partial charge in [0.25, 0.3) is 11.8 Å². The van der Waals surface area contributed by atoms with Crippen molar-refractivity contribution in [3.63, 3.8) is 0 Å². The number of imide groups is 1. The van der Waals surface area contributed by atoms with Crippen LogP contribution in [0.3, 0.4) is 0 Å². The van der Waals surface area contributed by atoms with Gasteiger partial charge in [0.15, 0.2) is 0 Å². The Morgan fingerprint density at radius 3 is 2.20 bits per heavy atom. The molecule has 2 aromatic rings. The number of carbonyl (C=O) groups excluding carboxylic acids is 2. The molecular weight excluding hydrogens is 254 g/mol. The normalized spacial score (nSPS) is 13.9. The van der Waals surface area contributed by atoms with Gasteiger partial charge in [-0.2, -0.15) is 0 Å². The molecule has 1 aliphatic heterocycles. The van der Waals surface area contributed by atoms with Crippen molar-refractivity contribution in [2.75, 3.05) is 6.54 Å². The summed E-state index contributed by atoms with van der Waals surface area (Å²) in [5.41, 5.74) is 1.01. The molecule has 0 fully saturated rings. The van der Waals surface area contributed by atoms with Gasteiger partial charge in [0.2, 0.25) is 0 Å². The molecule has 1 aromatic heterocycles. The minimum absolute atomic E-state index is 0.193. The van der Waals surface area contributed by atoms with Crippen molar-refractivity contribution in [1.82, 2.24) is 4.90 Å². The number of fused-ring (bicyclic) bond motifs is 1. The Kier molecular flexibility index (Phi) is 3.14. The third-order valence-corrected chi connectivity index (χ3v) is 3.48. The zero-order valence-corrected chi connectivity index (χ0v) is 11.3. The average molecular weight is 269 g/mol. The molecule has 102 valence electrons. The van der Waals surface area contributed by atoms with E-state index in [-0.39, 0.29) is 11.8 Å². The van der Waals surface area contributed by atoms with E-state index >= 15 is 0 Å². The van der Waals surface area contributed by atoms with Crippen molar-refractivity contribution in [2.45, 2.75) is 19.8 Å². The van der Waals surface area contributed by atoms with E-state index in [1.54, 1.807) is 24.3 Å². The van der Waals surface area contributed by atoms with E-state index in [1.165, 1.54) is 4.90 Å². The molecule has 0 unspecified atom stereocenters. The number of aryl methyl sites for hydroxylation is 2. The number of benzene rings is 1. The van der Waals surface area contributed by atoms with Crippen molar-refractivity contribution < 1.29 is 14.0 Å². The van der Waals surface area contributed by atoms with E-state index in [2.05, 4.69) is 0 Å². The lowest BCUT2D eigenvalue weighted by Crippen LogP contribution is -2.30. The minimum atomic E-state index is -0.193. The molecule has 4 heteroatoms. The lowest BCUT2D eigenvalue weighted by molar-refractivity contribution is 0.0652. The van der Waals surface area contributed by atoms with Gasteiger partial charge in [-0.05, 0) is 37.6 Å². The van der Waals surface area contributed by atoms with Crippen molar-refractivity contribution >= 4 is 11.8 Å². The second kappa shape index (κ2) is 4.96. The smallest absolute Gasteiger partial charge is 0.261 e. The molecule has 0 spiro atoms. The summed E-state index contributed by atoms with van der Waals surface area (Å²) in [6, 6.07) is 10.8. The Bertz CT molecular complexity index is 637. The highest BCUT2D eigenvalue weighted by Crippen LogP contribution is 2.22. The lowest BCUT2D eigenvalue weighted by Gasteiger charge is -2.12. The number of amides is 2. The highest BCUT2D eigenvalue weighted by atomic mass is 16.3. The van der Waals surface area contributed by atoms with Crippen LogP contribution >= 0.6 is 0 Å². The van der Waals surface area contributed by atoms with E-state index < -0.39 is 0 Å². The summed E-state index contributed by atoms with van der Waals surface area (Å²) in [7, 11) is 0. The van der Waals surface area contributed by atoms with E-state index in [1.807, 2.05) is 19.1 Å². The van der Waals surface area contributed by atoms with Gasteiger partial charge in [-0.15, -0.1) is 0 Å². The van der Waals surface area contributed by atoms with E-state index in [4.69, 9.17) is 4.42 Å². The van der Waals surface area contributed by atoms with Gasteiger partial charge in [0.05, 0.1) is 11.1 Å². The Hall–Kier alpha value is -2.36. The number of rotatable bonds is 4. The van der Waals surface area contributed by atoms with E-state index in [9.17, 15) is 9.59 Å². The van der Waals surface area contributed by atoms with E-state index in [0.29, 0.717) is 24.1 Å². The van der Waals surface area contributed by atoms with Crippen LogP contribution in [-0.4, -0.2) is 23.3 Å². The maximum absolute atomic E-state index is 12.1. The van der Waals surface area contributed by atoms with E-state index in [0.717, 1.165) is 17.9 Å². The molecule has 4 nitrogen and oxygen atoms in total. The minimum Gasteiger partial charge on any atom is -0.466 e.